The van der Waals surface area contributed by atoms with E-state index >= 15 is 0 Å². The van der Waals surface area contributed by atoms with E-state index in [1.807, 2.05) is 52.0 Å². The molecule has 4 atom stereocenters. The standard InChI is InChI=1S/C25H32Cl4O4/c1-13(30)7-15(3)32-23-19(26)9-17(10-20(23)27)25(5,6)18-11-21(28)24(22(29)12-18)33-16(4)8-14(2)31/h9-16,30-31H,7-8H2,1-6H3. The topological polar surface area (TPSA) is 58.9 Å². The summed E-state index contributed by atoms with van der Waals surface area (Å²) < 4.78 is 11.8. The van der Waals surface area contributed by atoms with E-state index in [0.717, 1.165) is 11.1 Å². The van der Waals surface area contributed by atoms with Crippen LogP contribution >= 0.6 is 46.4 Å². The Hall–Kier alpha value is -0.880. The average Bonchev–Trinajstić information content (AvgIpc) is 2.66. The second-order valence-corrected chi connectivity index (χ2v) is 10.8. The number of rotatable bonds is 10. The Morgan fingerprint density at radius 1 is 0.667 bits per heavy atom. The highest BCUT2D eigenvalue weighted by molar-refractivity contribution is 6.38. The lowest BCUT2D eigenvalue weighted by atomic mass is 9.78. The Morgan fingerprint density at radius 3 is 1.18 bits per heavy atom. The molecule has 0 spiro atoms. The van der Waals surface area contributed by atoms with Crippen LogP contribution in [0.3, 0.4) is 0 Å². The molecule has 0 saturated carbocycles. The maximum Gasteiger partial charge on any atom is 0.156 e. The Balaban J connectivity index is 2.35. The molecule has 8 heteroatoms. The molecule has 0 aromatic heterocycles. The second-order valence-electron chi connectivity index (χ2n) is 9.19. The summed E-state index contributed by atoms with van der Waals surface area (Å²) in [5.41, 5.74) is 1.18. The SMILES string of the molecule is CC(O)CC(C)Oc1c(Cl)cc(C(C)(C)c2cc(Cl)c(OC(C)CC(C)O)c(Cl)c2)cc1Cl. The molecule has 0 aliphatic heterocycles. The van der Waals surface area contributed by atoms with Gasteiger partial charge in [0.2, 0.25) is 0 Å². The van der Waals surface area contributed by atoms with Crippen LogP contribution in [0.5, 0.6) is 11.5 Å². The van der Waals surface area contributed by atoms with Gasteiger partial charge >= 0.3 is 0 Å². The summed E-state index contributed by atoms with van der Waals surface area (Å²) in [5, 5.41) is 20.7. The fraction of sp³-hybridized carbons (Fsp3) is 0.520. The van der Waals surface area contributed by atoms with Gasteiger partial charge in [-0.3, -0.25) is 0 Å². The molecule has 2 aromatic carbocycles. The molecule has 184 valence electrons. The van der Waals surface area contributed by atoms with Crippen LogP contribution < -0.4 is 9.47 Å². The summed E-state index contributed by atoms with van der Waals surface area (Å²) in [7, 11) is 0. The van der Waals surface area contributed by atoms with Crippen molar-refractivity contribution in [3.63, 3.8) is 0 Å². The highest BCUT2D eigenvalue weighted by atomic mass is 35.5. The van der Waals surface area contributed by atoms with Gasteiger partial charge < -0.3 is 19.7 Å². The van der Waals surface area contributed by atoms with E-state index in [4.69, 9.17) is 55.9 Å². The van der Waals surface area contributed by atoms with Gasteiger partial charge in [0.05, 0.1) is 44.5 Å². The summed E-state index contributed by atoms with van der Waals surface area (Å²) in [5.74, 6) is 0.774. The maximum absolute atomic E-state index is 9.58. The van der Waals surface area contributed by atoms with Gasteiger partial charge in [0.15, 0.2) is 11.5 Å². The minimum absolute atomic E-state index is 0.250. The molecule has 2 N–H and O–H groups in total. The lowest BCUT2D eigenvalue weighted by molar-refractivity contribution is 0.115. The number of ether oxygens (including phenoxy) is 2. The zero-order valence-electron chi connectivity index (χ0n) is 19.8. The van der Waals surface area contributed by atoms with Crippen LogP contribution in [0.15, 0.2) is 24.3 Å². The van der Waals surface area contributed by atoms with Crippen molar-refractivity contribution in [1.82, 2.24) is 0 Å². The fourth-order valence-electron chi connectivity index (χ4n) is 3.69. The molecule has 0 bridgehead atoms. The molecule has 33 heavy (non-hydrogen) atoms. The quantitative estimate of drug-likeness (QED) is 0.326. The van der Waals surface area contributed by atoms with E-state index < -0.39 is 17.6 Å². The van der Waals surface area contributed by atoms with Crippen molar-refractivity contribution in [3.8, 4) is 11.5 Å². The van der Waals surface area contributed by atoms with Gasteiger partial charge in [0, 0.05) is 18.3 Å². The molecule has 0 heterocycles. The lowest BCUT2D eigenvalue weighted by Gasteiger charge is -2.29. The molecule has 0 saturated heterocycles. The van der Waals surface area contributed by atoms with Gasteiger partial charge in [0.1, 0.15) is 0 Å². The first kappa shape index (κ1) is 28.4. The zero-order chi connectivity index (χ0) is 25.1. The van der Waals surface area contributed by atoms with Crippen LogP contribution in [0, 0.1) is 0 Å². The van der Waals surface area contributed by atoms with Crippen LogP contribution in [0.25, 0.3) is 0 Å². The lowest BCUT2D eigenvalue weighted by Crippen LogP contribution is -2.21. The third kappa shape index (κ3) is 7.55. The third-order valence-electron chi connectivity index (χ3n) is 5.42. The van der Waals surface area contributed by atoms with Crippen molar-refractivity contribution in [1.29, 1.82) is 0 Å². The van der Waals surface area contributed by atoms with Crippen molar-refractivity contribution in [2.45, 2.75) is 84.2 Å². The maximum atomic E-state index is 9.58. The van der Waals surface area contributed by atoms with E-state index in [2.05, 4.69) is 0 Å². The third-order valence-corrected chi connectivity index (χ3v) is 6.55. The van der Waals surface area contributed by atoms with E-state index in [1.54, 1.807) is 13.8 Å². The minimum Gasteiger partial charge on any atom is -0.487 e. The highest BCUT2D eigenvalue weighted by Gasteiger charge is 2.28. The molecule has 0 fully saturated rings. The fourth-order valence-corrected chi connectivity index (χ4v) is 4.84. The predicted octanol–water partition coefficient (Wildman–Crippen LogP) is 7.70. The van der Waals surface area contributed by atoms with Crippen LogP contribution in [0.2, 0.25) is 20.1 Å². The summed E-state index contributed by atoms with van der Waals surface area (Å²) >= 11 is 26.1. The Kier molecular flexibility index (Phi) is 10.1. The van der Waals surface area contributed by atoms with Gasteiger partial charge in [-0.2, -0.15) is 0 Å². The van der Waals surface area contributed by atoms with Crippen LogP contribution in [0.1, 0.15) is 65.5 Å². The average molecular weight is 538 g/mol. The smallest absolute Gasteiger partial charge is 0.156 e. The Labute approximate surface area is 216 Å². The Bertz CT molecular complexity index is 838. The number of benzene rings is 2. The van der Waals surface area contributed by atoms with Gasteiger partial charge in [-0.05, 0) is 63.1 Å². The summed E-state index contributed by atoms with van der Waals surface area (Å²) in [6.45, 7) is 11.2. The number of aliphatic hydroxyl groups excluding tert-OH is 2. The number of hydrogen-bond acceptors (Lipinski definition) is 4. The minimum atomic E-state index is -0.534. The first-order valence-electron chi connectivity index (χ1n) is 10.9. The first-order chi connectivity index (χ1) is 15.2. The highest BCUT2D eigenvalue weighted by Crippen LogP contribution is 2.44. The molecule has 0 radical (unpaired) electrons. The second kappa shape index (κ2) is 11.7. The molecule has 2 rings (SSSR count). The zero-order valence-corrected chi connectivity index (χ0v) is 22.8. The Morgan fingerprint density at radius 2 is 0.939 bits per heavy atom. The van der Waals surface area contributed by atoms with Crippen LogP contribution in [-0.4, -0.2) is 34.6 Å². The van der Waals surface area contributed by atoms with Crippen molar-refractivity contribution in [2.75, 3.05) is 0 Å². The number of halogens is 4. The molecule has 0 amide bonds. The molecular weight excluding hydrogens is 506 g/mol. The molecule has 4 unspecified atom stereocenters. The molecule has 4 nitrogen and oxygen atoms in total. The summed E-state index contributed by atoms with van der Waals surface area (Å²) in [6, 6.07) is 7.26. The summed E-state index contributed by atoms with van der Waals surface area (Å²) in [4.78, 5) is 0. The number of aliphatic hydroxyl groups is 2. The summed E-state index contributed by atoms with van der Waals surface area (Å²) in [6.07, 6.45) is -0.567. The monoisotopic (exact) mass is 536 g/mol. The molecule has 2 aromatic rings. The van der Waals surface area contributed by atoms with Gasteiger partial charge in [0.25, 0.3) is 0 Å². The molecule has 0 aliphatic carbocycles. The van der Waals surface area contributed by atoms with Gasteiger partial charge in [-0.25, -0.2) is 0 Å². The molecular formula is C25H32Cl4O4. The van der Waals surface area contributed by atoms with Crippen molar-refractivity contribution >= 4 is 46.4 Å². The largest absolute Gasteiger partial charge is 0.487 e. The van der Waals surface area contributed by atoms with E-state index in [9.17, 15) is 10.2 Å². The predicted molar refractivity (Wildman–Crippen MR) is 138 cm³/mol. The van der Waals surface area contributed by atoms with Crippen LogP contribution in [0.4, 0.5) is 0 Å². The van der Waals surface area contributed by atoms with E-state index in [1.165, 1.54) is 0 Å². The van der Waals surface area contributed by atoms with Crippen LogP contribution in [-0.2, 0) is 5.41 Å². The van der Waals surface area contributed by atoms with Crippen molar-refractivity contribution in [3.05, 3.63) is 55.5 Å². The van der Waals surface area contributed by atoms with Crippen molar-refractivity contribution < 1.29 is 19.7 Å². The number of hydrogen-bond donors (Lipinski definition) is 2. The first-order valence-corrected chi connectivity index (χ1v) is 12.4. The van der Waals surface area contributed by atoms with Gasteiger partial charge in [-0.1, -0.05) is 60.3 Å². The normalized spacial score (nSPS) is 15.6. The van der Waals surface area contributed by atoms with Gasteiger partial charge in [-0.15, -0.1) is 0 Å². The van der Waals surface area contributed by atoms with E-state index in [0.29, 0.717) is 44.4 Å². The van der Waals surface area contributed by atoms with E-state index in [-0.39, 0.29) is 12.2 Å². The molecule has 0 aliphatic rings. The van der Waals surface area contributed by atoms with Crippen molar-refractivity contribution in [2.24, 2.45) is 0 Å².